The maximum atomic E-state index is 14.1. The molecule has 0 aliphatic carbocycles. The highest BCUT2D eigenvalue weighted by molar-refractivity contribution is 7.85. The highest BCUT2D eigenvalue weighted by atomic mass is 32.2. The van der Waals surface area contributed by atoms with Gasteiger partial charge in [0.1, 0.15) is 11.8 Å². The summed E-state index contributed by atoms with van der Waals surface area (Å²) in [5.41, 5.74) is 9.40. The molecule has 374 valence electrons. The summed E-state index contributed by atoms with van der Waals surface area (Å²) in [5, 5.41) is 21.6. The number of amides is 3. The van der Waals surface area contributed by atoms with Crippen molar-refractivity contribution < 1.29 is 56.1 Å². The molecule has 1 unspecified atom stereocenters. The molecule has 0 saturated carbocycles. The highest BCUT2D eigenvalue weighted by Gasteiger charge is 2.27. The molecule has 3 aromatic heterocycles. The van der Waals surface area contributed by atoms with E-state index in [1.807, 2.05) is 16.7 Å². The second-order valence-electron chi connectivity index (χ2n) is 16.5. The van der Waals surface area contributed by atoms with Crippen LogP contribution in [0.25, 0.3) is 33.0 Å². The number of carboxylic acids is 1. The van der Waals surface area contributed by atoms with Crippen LogP contribution < -0.4 is 41.9 Å². The van der Waals surface area contributed by atoms with Crippen LogP contribution in [0.4, 0.5) is 11.6 Å². The topological polar surface area (TPSA) is 331 Å². The van der Waals surface area contributed by atoms with Gasteiger partial charge in [0.05, 0.1) is 58.1 Å². The van der Waals surface area contributed by atoms with Gasteiger partial charge in [0, 0.05) is 60.6 Å². The number of carbonyl (C=O) groups is 5. The molecule has 7 aromatic rings. The van der Waals surface area contributed by atoms with E-state index in [9.17, 15) is 46.8 Å². The number of nitrogens with one attached hydrogen (secondary N) is 5. The summed E-state index contributed by atoms with van der Waals surface area (Å²) >= 11 is 0. The van der Waals surface area contributed by atoms with E-state index in [0.29, 0.717) is 55.4 Å². The molecular weight excluding hydrogens is 953 g/mol. The van der Waals surface area contributed by atoms with E-state index in [0.717, 1.165) is 0 Å². The smallest absolute Gasteiger partial charge is 0.345 e. The maximum absolute atomic E-state index is 14.1. The molecule has 7 rings (SSSR count). The Kier molecular flexibility index (Phi) is 16.4. The number of aromatic amines is 1. The second kappa shape index (κ2) is 23.0. The summed E-state index contributed by atoms with van der Waals surface area (Å²) in [6.45, 7) is 4.09. The number of aryl methyl sites for hydroxylation is 3. The fraction of sp³-hybridized carbons (Fsp3) is 0.265. The standard InChI is InChI=1S/C49H50N10O12S/c1-28-24-31(25-29(2)42(28)71-48(66)40-34-8-3-5-10-37(34)59(20-7-23-72(67,68)69)38-11-6-4-9-35(38)40)44(62)51-18-21-70-22-19-52-46(64)36(16-17-39(60)61)56-45(63)30-12-14-32(15-13-30)53-26-33-27-54-43-41(55-33)47(65)58-49(50)57-43/h3-6,8-15,24-25,27,36H,7,16-23,26H2,1-2H3,(H8-,50,51,52,53,54,56,57,58,60,61,62,63,64,65,67,68,69). The monoisotopic (exact) mass is 1000 g/mol. The lowest BCUT2D eigenvalue weighted by atomic mass is 10.0. The zero-order chi connectivity index (χ0) is 51.5. The summed E-state index contributed by atoms with van der Waals surface area (Å²) in [7, 11) is -4.42. The van der Waals surface area contributed by atoms with E-state index in [-0.39, 0.29) is 87.1 Å². The van der Waals surface area contributed by atoms with Crippen molar-refractivity contribution in [2.45, 2.75) is 52.2 Å². The van der Waals surface area contributed by atoms with Gasteiger partial charge in [-0.3, -0.25) is 29.0 Å². The zero-order valence-electron chi connectivity index (χ0n) is 39.0. The van der Waals surface area contributed by atoms with Gasteiger partial charge in [-0.1, -0.05) is 24.3 Å². The highest BCUT2D eigenvalue weighted by Crippen LogP contribution is 2.30. The van der Waals surface area contributed by atoms with E-state index in [4.69, 9.17) is 15.2 Å². The molecule has 0 fully saturated rings. The Balaban J connectivity index is 0.873. The van der Waals surface area contributed by atoms with Gasteiger partial charge in [0.2, 0.25) is 22.9 Å². The third-order valence-corrected chi connectivity index (χ3v) is 12.1. The van der Waals surface area contributed by atoms with E-state index in [1.165, 1.54) is 18.3 Å². The first kappa shape index (κ1) is 51.4. The Morgan fingerprint density at radius 3 is 2.14 bits per heavy atom. The van der Waals surface area contributed by atoms with Gasteiger partial charge in [-0.25, -0.2) is 23.2 Å². The van der Waals surface area contributed by atoms with E-state index in [2.05, 4.69) is 41.2 Å². The summed E-state index contributed by atoms with van der Waals surface area (Å²) < 4.78 is 47.5. The Labute approximate surface area is 411 Å². The van der Waals surface area contributed by atoms with Crippen LogP contribution in [0.2, 0.25) is 0 Å². The lowest BCUT2D eigenvalue weighted by Gasteiger charge is -2.18. The van der Waals surface area contributed by atoms with Crippen molar-refractivity contribution in [1.82, 2.24) is 35.9 Å². The normalized spacial score (nSPS) is 11.8. The molecule has 0 aliphatic rings. The van der Waals surface area contributed by atoms with Gasteiger partial charge in [-0.2, -0.15) is 9.55 Å². The lowest BCUT2D eigenvalue weighted by molar-refractivity contribution is -0.645. The number of carboxylic acid groups (broad SMARTS) is 1. The number of fused-ring (bicyclic) bond motifs is 3. The summed E-state index contributed by atoms with van der Waals surface area (Å²) in [6, 6.07) is 22.6. The molecule has 4 aromatic carbocycles. The number of esters is 1. The first-order valence-corrected chi connectivity index (χ1v) is 24.2. The number of nitrogens with zero attached hydrogens (tertiary/aromatic N) is 4. The number of nitrogen functional groups attached to an aromatic ring is 1. The third kappa shape index (κ3) is 13.1. The molecule has 8 N–H and O–H groups in total. The van der Waals surface area contributed by atoms with Crippen molar-refractivity contribution in [2.24, 2.45) is 0 Å². The Bertz CT molecular complexity index is 3310. The second-order valence-corrected chi connectivity index (χ2v) is 18.1. The number of hydrogen-bond donors (Lipinski definition) is 7. The number of benzene rings is 4. The fourth-order valence-electron chi connectivity index (χ4n) is 7.94. The van der Waals surface area contributed by atoms with Crippen molar-refractivity contribution in [3.05, 3.63) is 135 Å². The van der Waals surface area contributed by atoms with Crippen LogP contribution in [-0.2, 0) is 37.5 Å². The number of aliphatic carboxylic acids is 1. The molecule has 0 spiro atoms. The summed E-state index contributed by atoms with van der Waals surface area (Å²) in [6.07, 6.45) is 0.971. The minimum absolute atomic E-state index is 0.0231. The molecule has 1 atom stereocenters. The van der Waals surface area contributed by atoms with Gasteiger partial charge in [0.25, 0.3) is 17.4 Å². The van der Waals surface area contributed by atoms with Gasteiger partial charge < -0.3 is 46.1 Å². The molecule has 3 amide bonds. The van der Waals surface area contributed by atoms with Crippen LogP contribution in [-0.4, -0.2) is 106 Å². The Hall–Kier alpha value is -8.41. The van der Waals surface area contributed by atoms with Gasteiger partial charge in [0.15, 0.2) is 17.7 Å². The SMILES string of the molecule is Cc1cc(C(=O)NCCOCCNC(=O)C(CCC(=O)O)NC(=O)c2ccc(NCc3cnc4nc(N)[nH]c(=O)c4n3)cc2)cc(C)c1OC(=O)c1c2ccccc2[n+](CCCS(=O)(=O)[O-])c2ccccc12. The number of anilines is 2. The Morgan fingerprint density at radius 1 is 0.861 bits per heavy atom. The van der Waals surface area contributed by atoms with Crippen LogP contribution >= 0.6 is 0 Å². The molecular formula is C49H50N10O12S. The number of para-hydroxylation sites is 2. The van der Waals surface area contributed by atoms with E-state index in [1.54, 1.807) is 74.5 Å². The third-order valence-electron chi connectivity index (χ3n) is 11.3. The molecule has 0 saturated heterocycles. The van der Waals surface area contributed by atoms with Crippen LogP contribution in [0.1, 0.15) is 67.2 Å². The van der Waals surface area contributed by atoms with Gasteiger partial charge in [-0.15, -0.1) is 0 Å². The van der Waals surface area contributed by atoms with Crippen LogP contribution in [0, 0.1) is 13.8 Å². The summed E-state index contributed by atoms with van der Waals surface area (Å²) in [5.74, 6) is -3.75. The average Bonchev–Trinajstić information content (AvgIpc) is 3.34. The molecule has 72 heavy (non-hydrogen) atoms. The van der Waals surface area contributed by atoms with Crippen molar-refractivity contribution in [1.29, 1.82) is 0 Å². The van der Waals surface area contributed by atoms with Crippen LogP contribution in [0.15, 0.2) is 95.9 Å². The number of pyridine rings is 1. The maximum Gasteiger partial charge on any atom is 0.345 e. The molecule has 23 heteroatoms. The van der Waals surface area contributed by atoms with Crippen LogP contribution in [0.3, 0.4) is 0 Å². The molecule has 0 aliphatic heterocycles. The zero-order valence-corrected chi connectivity index (χ0v) is 39.8. The van der Waals surface area contributed by atoms with Crippen LogP contribution in [0.5, 0.6) is 5.75 Å². The van der Waals surface area contributed by atoms with Crippen molar-refractivity contribution in [3.63, 3.8) is 0 Å². The molecule has 3 heterocycles. The first-order chi connectivity index (χ1) is 34.4. The van der Waals surface area contributed by atoms with Gasteiger partial charge in [-0.05, 0) is 79.9 Å². The quantitative estimate of drug-likeness (QED) is 0.0128. The number of aromatic nitrogens is 5. The first-order valence-electron chi connectivity index (χ1n) is 22.6. The summed E-state index contributed by atoms with van der Waals surface area (Å²) in [4.78, 5) is 91.8. The fourth-order valence-corrected chi connectivity index (χ4v) is 8.42. The largest absolute Gasteiger partial charge is 0.748 e. The number of rotatable bonds is 22. The number of H-pyrrole nitrogens is 1. The van der Waals surface area contributed by atoms with Crippen molar-refractivity contribution >= 4 is 84.4 Å². The number of ether oxygens (including phenoxy) is 2. The number of nitrogens with two attached hydrogens (primary N) is 1. The predicted octanol–water partition coefficient (Wildman–Crippen LogP) is 2.80. The van der Waals surface area contributed by atoms with E-state index < -0.39 is 57.1 Å². The predicted molar refractivity (Wildman–Crippen MR) is 262 cm³/mol. The minimum atomic E-state index is -4.42. The van der Waals surface area contributed by atoms with E-state index >= 15 is 0 Å². The van der Waals surface area contributed by atoms with Gasteiger partial charge >= 0.3 is 11.9 Å². The van der Waals surface area contributed by atoms with Crippen molar-refractivity contribution in [2.75, 3.05) is 43.1 Å². The average molecular weight is 1000 g/mol. The molecule has 0 radical (unpaired) electrons. The Morgan fingerprint density at radius 2 is 1.50 bits per heavy atom. The molecule has 22 nitrogen and oxygen atoms in total. The molecule has 0 bridgehead atoms. The minimum Gasteiger partial charge on any atom is -0.748 e. The van der Waals surface area contributed by atoms with Crippen molar-refractivity contribution in [3.8, 4) is 5.75 Å². The number of hydrogen-bond acceptors (Lipinski definition) is 16. The lowest BCUT2D eigenvalue weighted by Crippen LogP contribution is -2.47. The number of carbonyl (C=O) groups excluding carboxylic acids is 4.